The third kappa shape index (κ3) is 8.93. The zero-order chi connectivity index (χ0) is 28.4. The van der Waals surface area contributed by atoms with E-state index in [0.29, 0.717) is 23.5 Å². The van der Waals surface area contributed by atoms with Crippen molar-refractivity contribution in [2.45, 2.75) is 37.0 Å². The first-order chi connectivity index (χ1) is 18.5. The standard InChI is InChI=1S/C30H30O8S/c1-39(36,37)26-14-10-21(11-15-26)7-4-2-3-5-18-38-27-16-12-24(19-22(27)13-17-28(31)32)29(33)23-8-6-9-25(20-23)30(34)35/h4,6-12,14-16,19-20H,2-3,5,13,17-18H2,1H3,(H,31,32)(H,34,35)/b7-4+. The lowest BCUT2D eigenvalue weighted by molar-refractivity contribution is -0.136. The third-order valence-electron chi connectivity index (χ3n) is 5.94. The van der Waals surface area contributed by atoms with Gasteiger partial charge in [0.05, 0.1) is 17.1 Å². The first-order valence-corrected chi connectivity index (χ1v) is 14.3. The van der Waals surface area contributed by atoms with Crippen molar-refractivity contribution < 1.29 is 37.8 Å². The molecular formula is C30H30O8S. The molecule has 204 valence electrons. The van der Waals surface area contributed by atoms with Gasteiger partial charge in [0, 0.05) is 23.8 Å². The summed E-state index contributed by atoms with van der Waals surface area (Å²) in [5.74, 6) is -1.95. The number of rotatable bonds is 14. The van der Waals surface area contributed by atoms with Gasteiger partial charge in [0.2, 0.25) is 0 Å². The van der Waals surface area contributed by atoms with Gasteiger partial charge in [-0.05, 0) is 79.3 Å². The quantitative estimate of drug-likeness (QED) is 0.204. The van der Waals surface area contributed by atoms with E-state index in [-0.39, 0.29) is 34.6 Å². The van der Waals surface area contributed by atoms with Crippen LogP contribution in [0.3, 0.4) is 0 Å². The molecule has 8 nitrogen and oxygen atoms in total. The minimum Gasteiger partial charge on any atom is -0.493 e. The van der Waals surface area contributed by atoms with Crippen LogP contribution in [0.5, 0.6) is 5.75 Å². The Morgan fingerprint density at radius 3 is 2.23 bits per heavy atom. The molecule has 0 unspecified atom stereocenters. The molecule has 0 aliphatic carbocycles. The summed E-state index contributed by atoms with van der Waals surface area (Å²) in [4.78, 5) is 35.6. The predicted octanol–water partition coefficient (Wildman–Crippen LogP) is 5.30. The second-order valence-electron chi connectivity index (χ2n) is 9.02. The Morgan fingerprint density at radius 2 is 1.56 bits per heavy atom. The Labute approximate surface area is 227 Å². The van der Waals surface area contributed by atoms with Crippen LogP contribution in [0.1, 0.15) is 63.1 Å². The molecule has 0 aliphatic heterocycles. The molecule has 0 radical (unpaired) electrons. The highest BCUT2D eigenvalue weighted by Gasteiger charge is 2.15. The van der Waals surface area contributed by atoms with Crippen LogP contribution in [0, 0.1) is 0 Å². The minimum absolute atomic E-state index is 0.00611. The Balaban J connectivity index is 1.58. The summed E-state index contributed by atoms with van der Waals surface area (Å²) < 4.78 is 29.0. The zero-order valence-electron chi connectivity index (χ0n) is 21.5. The van der Waals surface area contributed by atoms with Crippen LogP contribution >= 0.6 is 0 Å². The van der Waals surface area contributed by atoms with E-state index in [1.807, 2.05) is 12.2 Å². The van der Waals surface area contributed by atoms with Gasteiger partial charge in [-0.1, -0.05) is 36.4 Å². The van der Waals surface area contributed by atoms with Gasteiger partial charge < -0.3 is 14.9 Å². The largest absolute Gasteiger partial charge is 0.493 e. The minimum atomic E-state index is -3.22. The summed E-state index contributed by atoms with van der Waals surface area (Å²) in [5.41, 5.74) is 2.06. The average Bonchev–Trinajstić information content (AvgIpc) is 2.91. The van der Waals surface area contributed by atoms with Crippen molar-refractivity contribution in [3.05, 3.63) is 101 Å². The van der Waals surface area contributed by atoms with Crippen LogP contribution in [0.25, 0.3) is 6.08 Å². The lowest BCUT2D eigenvalue weighted by atomic mass is 9.98. The molecule has 0 fully saturated rings. The van der Waals surface area contributed by atoms with Gasteiger partial charge in [0.1, 0.15) is 5.75 Å². The van der Waals surface area contributed by atoms with E-state index in [4.69, 9.17) is 9.84 Å². The van der Waals surface area contributed by atoms with Crippen molar-refractivity contribution in [1.82, 2.24) is 0 Å². The number of ketones is 1. The fraction of sp³-hybridized carbons (Fsp3) is 0.233. The molecule has 0 bridgehead atoms. The van der Waals surface area contributed by atoms with Crippen LogP contribution in [-0.4, -0.2) is 49.2 Å². The van der Waals surface area contributed by atoms with Gasteiger partial charge in [0.25, 0.3) is 0 Å². The van der Waals surface area contributed by atoms with Gasteiger partial charge in [-0.25, -0.2) is 13.2 Å². The number of carbonyl (C=O) groups is 3. The fourth-order valence-corrected chi connectivity index (χ4v) is 4.48. The number of carboxylic acid groups (broad SMARTS) is 2. The second kappa shape index (κ2) is 13.5. The molecule has 0 aromatic heterocycles. The Hall–Kier alpha value is -4.24. The number of sulfone groups is 1. The Morgan fingerprint density at radius 1 is 0.872 bits per heavy atom. The number of allylic oxidation sites excluding steroid dienone is 1. The van der Waals surface area contributed by atoms with E-state index in [1.54, 1.807) is 42.5 Å². The van der Waals surface area contributed by atoms with Crippen LogP contribution < -0.4 is 4.74 Å². The maximum Gasteiger partial charge on any atom is 0.335 e. The number of aliphatic carboxylic acids is 1. The summed E-state index contributed by atoms with van der Waals surface area (Å²) in [6.45, 7) is 0.408. The number of aryl methyl sites for hydroxylation is 1. The number of ether oxygens (including phenoxy) is 1. The van der Waals surface area contributed by atoms with Crippen LogP contribution in [0.15, 0.2) is 77.7 Å². The lowest BCUT2D eigenvalue weighted by Gasteiger charge is -2.13. The molecule has 0 aliphatic rings. The van der Waals surface area contributed by atoms with Crippen LogP contribution in [0.4, 0.5) is 0 Å². The molecule has 0 amide bonds. The highest BCUT2D eigenvalue weighted by atomic mass is 32.2. The van der Waals surface area contributed by atoms with E-state index in [0.717, 1.165) is 24.8 Å². The molecule has 0 atom stereocenters. The smallest absolute Gasteiger partial charge is 0.335 e. The second-order valence-corrected chi connectivity index (χ2v) is 11.0. The Kier molecular flexibility index (Phi) is 10.2. The van der Waals surface area contributed by atoms with E-state index in [9.17, 15) is 27.9 Å². The van der Waals surface area contributed by atoms with E-state index >= 15 is 0 Å². The molecule has 9 heteroatoms. The first-order valence-electron chi connectivity index (χ1n) is 12.4. The van der Waals surface area contributed by atoms with Crippen molar-refractivity contribution in [3.8, 4) is 5.75 Å². The highest BCUT2D eigenvalue weighted by molar-refractivity contribution is 7.90. The zero-order valence-corrected chi connectivity index (χ0v) is 22.3. The summed E-state index contributed by atoms with van der Waals surface area (Å²) in [6.07, 6.45) is 7.56. The van der Waals surface area contributed by atoms with Gasteiger partial charge in [0.15, 0.2) is 15.6 Å². The van der Waals surface area contributed by atoms with Crippen molar-refractivity contribution in [1.29, 1.82) is 0 Å². The van der Waals surface area contributed by atoms with Crippen molar-refractivity contribution >= 4 is 33.6 Å². The summed E-state index contributed by atoms with van der Waals surface area (Å²) in [6, 6.07) is 17.3. The molecule has 3 rings (SSSR count). The molecule has 3 aromatic rings. The van der Waals surface area contributed by atoms with Crippen molar-refractivity contribution in [2.24, 2.45) is 0 Å². The number of carboxylic acids is 2. The number of hydrogen-bond donors (Lipinski definition) is 2. The summed E-state index contributed by atoms with van der Waals surface area (Å²) in [7, 11) is -3.22. The molecule has 2 N–H and O–H groups in total. The van der Waals surface area contributed by atoms with Gasteiger partial charge in [-0.2, -0.15) is 0 Å². The maximum absolute atomic E-state index is 13.0. The molecule has 0 spiro atoms. The Bertz CT molecular complexity index is 1470. The van der Waals surface area contributed by atoms with Gasteiger partial charge >= 0.3 is 11.9 Å². The highest BCUT2D eigenvalue weighted by Crippen LogP contribution is 2.24. The average molecular weight is 551 g/mol. The number of carbonyl (C=O) groups excluding carboxylic acids is 1. The number of aromatic carboxylic acids is 1. The molecule has 0 heterocycles. The summed E-state index contributed by atoms with van der Waals surface area (Å²) >= 11 is 0. The van der Waals surface area contributed by atoms with E-state index in [2.05, 4.69) is 0 Å². The third-order valence-corrected chi connectivity index (χ3v) is 7.07. The molecule has 3 aromatic carbocycles. The predicted molar refractivity (Wildman–Crippen MR) is 147 cm³/mol. The topological polar surface area (TPSA) is 135 Å². The van der Waals surface area contributed by atoms with Crippen LogP contribution in [-0.2, 0) is 21.1 Å². The SMILES string of the molecule is CS(=O)(=O)c1ccc(/C=C/CCCCOc2ccc(C(=O)c3cccc(C(=O)O)c3)cc2CCC(=O)O)cc1. The number of benzene rings is 3. The molecular weight excluding hydrogens is 520 g/mol. The molecule has 39 heavy (non-hydrogen) atoms. The number of hydrogen-bond acceptors (Lipinski definition) is 6. The maximum atomic E-state index is 13.0. The fourth-order valence-electron chi connectivity index (χ4n) is 3.85. The van der Waals surface area contributed by atoms with Gasteiger partial charge in [-0.3, -0.25) is 9.59 Å². The monoisotopic (exact) mass is 550 g/mol. The van der Waals surface area contributed by atoms with E-state index < -0.39 is 21.8 Å². The van der Waals surface area contributed by atoms with Crippen molar-refractivity contribution in [2.75, 3.05) is 12.9 Å². The van der Waals surface area contributed by atoms with Gasteiger partial charge in [-0.15, -0.1) is 0 Å². The summed E-state index contributed by atoms with van der Waals surface area (Å²) in [5, 5.41) is 18.3. The molecule has 0 saturated carbocycles. The normalized spacial score (nSPS) is 11.4. The molecule has 0 saturated heterocycles. The van der Waals surface area contributed by atoms with Crippen LogP contribution in [0.2, 0.25) is 0 Å². The van der Waals surface area contributed by atoms with Crippen molar-refractivity contribution in [3.63, 3.8) is 0 Å². The lowest BCUT2D eigenvalue weighted by Crippen LogP contribution is -2.07. The number of unbranched alkanes of at least 4 members (excludes halogenated alkanes) is 2. The first kappa shape index (κ1) is 29.3. The van der Waals surface area contributed by atoms with E-state index in [1.165, 1.54) is 30.5 Å².